The summed E-state index contributed by atoms with van der Waals surface area (Å²) in [5.74, 6) is 1.06. The van der Waals surface area contributed by atoms with Crippen molar-refractivity contribution in [3.8, 4) is 0 Å². The number of halogens is 1. The average molecular weight is 302 g/mol. The van der Waals surface area contributed by atoms with Crippen LogP contribution in [0.3, 0.4) is 0 Å². The second kappa shape index (κ2) is 4.86. The molecule has 4 rings (SSSR count). The highest BCUT2D eigenvalue weighted by Crippen LogP contribution is 2.28. The van der Waals surface area contributed by atoms with Crippen LogP contribution < -0.4 is 5.32 Å². The summed E-state index contributed by atoms with van der Waals surface area (Å²) < 4.78 is 2.25. The van der Waals surface area contributed by atoms with Crippen LogP contribution in [0.2, 0.25) is 5.02 Å². The first-order valence-electron chi connectivity index (χ1n) is 7.16. The lowest BCUT2D eigenvalue weighted by Gasteiger charge is -2.23. The van der Waals surface area contributed by atoms with E-state index in [0.29, 0.717) is 0 Å². The Hall–Kier alpha value is -1.85. The number of aryl methyl sites for hydroxylation is 1. The smallest absolute Gasteiger partial charge is 0.127 e. The van der Waals surface area contributed by atoms with Gasteiger partial charge in [-0.2, -0.15) is 0 Å². The normalized spacial score (nSPS) is 18.1. The highest BCUT2D eigenvalue weighted by atomic mass is 35.5. The summed E-state index contributed by atoms with van der Waals surface area (Å²) in [6, 6.07) is 6.07. The molecule has 1 aliphatic heterocycles. The monoisotopic (exact) mass is 301 g/mol. The molecule has 0 spiro atoms. The van der Waals surface area contributed by atoms with E-state index >= 15 is 0 Å². The Bertz CT molecular complexity index is 804. The standard InChI is InChI=1S/C15H16ClN5/c1-2-21-14-4-3-9(16)5-11(14)20-15(21)12-6-10-13(7-17-12)19-8-18-10/h3-5,8,12,17H,2,6-7H2,1H3,(H,18,19). The summed E-state index contributed by atoms with van der Waals surface area (Å²) in [5, 5.41) is 4.26. The van der Waals surface area contributed by atoms with Gasteiger partial charge in [0.05, 0.1) is 34.8 Å². The summed E-state index contributed by atoms with van der Waals surface area (Å²) in [5.41, 5.74) is 4.39. The number of rotatable bonds is 2. The molecule has 0 bridgehead atoms. The zero-order chi connectivity index (χ0) is 14.4. The molecule has 0 amide bonds. The van der Waals surface area contributed by atoms with Crippen LogP contribution in [0, 0.1) is 0 Å². The van der Waals surface area contributed by atoms with Gasteiger partial charge in [-0.15, -0.1) is 0 Å². The molecule has 6 heteroatoms. The molecule has 3 aromatic rings. The third-order valence-corrected chi connectivity index (χ3v) is 4.33. The largest absolute Gasteiger partial charge is 0.347 e. The number of imidazole rings is 2. The van der Waals surface area contributed by atoms with Crippen LogP contribution >= 0.6 is 11.6 Å². The van der Waals surface area contributed by atoms with Crippen molar-refractivity contribution < 1.29 is 0 Å². The molecular weight excluding hydrogens is 286 g/mol. The van der Waals surface area contributed by atoms with E-state index in [-0.39, 0.29) is 6.04 Å². The van der Waals surface area contributed by atoms with Crippen molar-refractivity contribution in [1.82, 2.24) is 24.8 Å². The molecule has 1 unspecified atom stereocenters. The number of nitrogens with one attached hydrogen (secondary N) is 2. The fourth-order valence-corrected chi connectivity index (χ4v) is 3.24. The van der Waals surface area contributed by atoms with Gasteiger partial charge >= 0.3 is 0 Å². The van der Waals surface area contributed by atoms with Crippen molar-refractivity contribution in [1.29, 1.82) is 0 Å². The third-order valence-electron chi connectivity index (χ3n) is 4.10. The van der Waals surface area contributed by atoms with Crippen LogP contribution in [0.5, 0.6) is 0 Å². The van der Waals surface area contributed by atoms with Crippen molar-refractivity contribution in [3.05, 3.63) is 46.8 Å². The predicted octanol–water partition coefficient (Wildman–Crippen LogP) is 2.82. The lowest BCUT2D eigenvalue weighted by molar-refractivity contribution is 0.452. The van der Waals surface area contributed by atoms with E-state index in [0.717, 1.165) is 47.1 Å². The highest BCUT2D eigenvalue weighted by molar-refractivity contribution is 6.31. The topological polar surface area (TPSA) is 58.5 Å². The Labute approximate surface area is 127 Å². The van der Waals surface area contributed by atoms with Crippen molar-refractivity contribution in [2.45, 2.75) is 32.5 Å². The molecule has 0 fully saturated rings. The number of H-pyrrole nitrogens is 1. The van der Waals surface area contributed by atoms with Gasteiger partial charge in [0.25, 0.3) is 0 Å². The quantitative estimate of drug-likeness (QED) is 0.765. The first-order chi connectivity index (χ1) is 10.3. The summed E-state index contributed by atoms with van der Waals surface area (Å²) in [6.45, 7) is 3.83. The minimum atomic E-state index is 0.187. The summed E-state index contributed by atoms with van der Waals surface area (Å²) in [6.07, 6.45) is 2.62. The maximum absolute atomic E-state index is 6.08. The van der Waals surface area contributed by atoms with Crippen LogP contribution in [-0.4, -0.2) is 19.5 Å². The molecule has 21 heavy (non-hydrogen) atoms. The second-order valence-corrected chi connectivity index (χ2v) is 5.75. The summed E-state index contributed by atoms with van der Waals surface area (Å²) >= 11 is 6.08. The van der Waals surface area contributed by atoms with Gasteiger partial charge in [0.15, 0.2) is 0 Å². The Morgan fingerprint density at radius 1 is 1.43 bits per heavy atom. The number of hydrogen-bond donors (Lipinski definition) is 2. The molecule has 108 valence electrons. The molecular formula is C15H16ClN5. The molecule has 0 aliphatic carbocycles. The molecule has 1 aliphatic rings. The van der Waals surface area contributed by atoms with Gasteiger partial charge < -0.3 is 14.9 Å². The Morgan fingerprint density at radius 3 is 3.19 bits per heavy atom. The minimum absolute atomic E-state index is 0.187. The van der Waals surface area contributed by atoms with Gasteiger partial charge in [-0.05, 0) is 25.1 Å². The molecule has 2 aromatic heterocycles. The molecule has 1 aromatic carbocycles. The number of fused-ring (bicyclic) bond motifs is 2. The average Bonchev–Trinajstić information content (AvgIpc) is 3.09. The van der Waals surface area contributed by atoms with E-state index in [9.17, 15) is 0 Å². The van der Waals surface area contributed by atoms with Crippen molar-refractivity contribution in [3.63, 3.8) is 0 Å². The third kappa shape index (κ3) is 2.04. The SMILES string of the molecule is CCn1c(C2Cc3nc[nH]c3CN2)nc2cc(Cl)ccc21. The van der Waals surface area contributed by atoms with Gasteiger partial charge in [-0.3, -0.25) is 0 Å². The van der Waals surface area contributed by atoms with Gasteiger partial charge in [-0.1, -0.05) is 11.6 Å². The van der Waals surface area contributed by atoms with Crippen molar-refractivity contribution in [2.75, 3.05) is 0 Å². The molecule has 1 atom stereocenters. The fourth-order valence-electron chi connectivity index (χ4n) is 3.07. The zero-order valence-corrected chi connectivity index (χ0v) is 12.5. The van der Waals surface area contributed by atoms with E-state index in [1.54, 1.807) is 6.33 Å². The number of nitrogens with zero attached hydrogens (tertiary/aromatic N) is 3. The number of aromatic amines is 1. The van der Waals surface area contributed by atoms with Crippen LogP contribution in [0.1, 0.15) is 30.2 Å². The molecule has 5 nitrogen and oxygen atoms in total. The highest BCUT2D eigenvalue weighted by Gasteiger charge is 2.25. The summed E-state index contributed by atoms with van der Waals surface area (Å²) in [7, 11) is 0. The Kier molecular flexibility index (Phi) is 2.97. The van der Waals surface area contributed by atoms with Crippen LogP contribution in [0.25, 0.3) is 11.0 Å². The number of aromatic nitrogens is 4. The first kappa shape index (κ1) is 12.9. The fraction of sp³-hybridized carbons (Fsp3) is 0.333. The van der Waals surface area contributed by atoms with Crippen LogP contribution in [0.4, 0.5) is 0 Å². The van der Waals surface area contributed by atoms with Crippen molar-refractivity contribution >= 4 is 22.6 Å². The Morgan fingerprint density at radius 2 is 2.33 bits per heavy atom. The lowest BCUT2D eigenvalue weighted by atomic mass is 10.0. The lowest BCUT2D eigenvalue weighted by Crippen LogP contribution is -2.30. The van der Waals surface area contributed by atoms with Gasteiger partial charge in [0.1, 0.15) is 5.82 Å². The first-order valence-corrected chi connectivity index (χ1v) is 7.54. The number of benzene rings is 1. The molecule has 0 saturated heterocycles. The van der Waals surface area contributed by atoms with E-state index in [1.165, 1.54) is 5.69 Å². The molecule has 3 heterocycles. The summed E-state index contributed by atoms with van der Waals surface area (Å²) in [4.78, 5) is 12.4. The maximum Gasteiger partial charge on any atom is 0.127 e. The van der Waals surface area contributed by atoms with Crippen LogP contribution in [-0.2, 0) is 19.5 Å². The van der Waals surface area contributed by atoms with E-state index < -0.39 is 0 Å². The zero-order valence-electron chi connectivity index (χ0n) is 11.7. The van der Waals surface area contributed by atoms with E-state index in [1.807, 2.05) is 18.2 Å². The maximum atomic E-state index is 6.08. The van der Waals surface area contributed by atoms with Gasteiger partial charge in [-0.25, -0.2) is 9.97 Å². The van der Waals surface area contributed by atoms with E-state index in [4.69, 9.17) is 16.6 Å². The van der Waals surface area contributed by atoms with Crippen molar-refractivity contribution in [2.24, 2.45) is 0 Å². The van der Waals surface area contributed by atoms with Crippen LogP contribution in [0.15, 0.2) is 24.5 Å². The van der Waals surface area contributed by atoms with E-state index in [2.05, 4.69) is 26.8 Å². The minimum Gasteiger partial charge on any atom is -0.347 e. The molecule has 0 radical (unpaired) electrons. The second-order valence-electron chi connectivity index (χ2n) is 5.31. The molecule has 0 saturated carbocycles. The molecule has 2 N–H and O–H groups in total. The number of hydrogen-bond acceptors (Lipinski definition) is 3. The van der Waals surface area contributed by atoms with Gasteiger partial charge in [0.2, 0.25) is 0 Å². The Balaban J connectivity index is 1.80. The predicted molar refractivity (Wildman–Crippen MR) is 82.3 cm³/mol. The van der Waals surface area contributed by atoms with Gasteiger partial charge in [0, 0.05) is 24.5 Å².